The Morgan fingerprint density at radius 2 is 1.50 bits per heavy atom. The van der Waals surface area contributed by atoms with E-state index >= 15 is 0 Å². The molecule has 0 bridgehead atoms. The first-order valence-corrected chi connectivity index (χ1v) is 5.64. The van der Waals surface area contributed by atoms with Crippen LogP contribution in [0.3, 0.4) is 0 Å². The van der Waals surface area contributed by atoms with Gasteiger partial charge in [-0.05, 0) is 23.8 Å². The van der Waals surface area contributed by atoms with Crippen LogP contribution in [0.2, 0.25) is 0 Å². The van der Waals surface area contributed by atoms with E-state index in [2.05, 4.69) is 0 Å². The van der Waals surface area contributed by atoms with Gasteiger partial charge in [0.05, 0.1) is 0 Å². The minimum atomic E-state index is -0.234. The Kier molecular flexibility index (Phi) is 3.89. The zero-order chi connectivity index (χ0) is 12.8. The highest BCUT2D eigenvalue weighted by molar-refractivity contribution is 5.94. The van der Waals surface area contributed by atoms with Gasteiger partial charge in [0.1, 0.15) is 0 Å². The molecule has 90 valence electrons. The highest BCUT2D eigenvalue weighted by Gasteiger charge is 2.08. The average Bonchev–Trinajstić information content (AvgIpc) is 2.46. The summed E-state index contributed by atoms with van der Waals surface area (Å²) in [6, 6.07) is 18.6. The van der Waals surface area contributed by atoms with Crippen LogP contribution in [0.4, 0.5) is 0 Å². The predicted molar refractivity (Wildman–Crippen MR) is 72.3 cm³/mol. The Morgan fingerprint density at radius 1 is 0.944 bits per heavy atom. The van der Waals surface area contributed by atoms with E-state index in [4.69, 9.17) is 5.84 Å². The molecular weight excluding hydrogens is 224 g/mol. The first kappa shape index (κ1) is 12.1. The van der Waals surface area contributed by atoms with Gasteiger partial charge in [-0.2, -0.15) is 0 Å². The second-order valence-electron chi connectivity index (χ2n) is 3.80. The van der Waals surface area contributed by atoms with Gasteiger partial charge < -0.3 is 0 Å². The molecular formula is C15H14N2O. The smallest absolute Gasteiger partial charge is 0.267 e. The molecule has 0 aliphatic carbocycles. The molecule has 2 aromatic rings. The Hall–Kier alpha value is -2.39. The minimum absolute atomic E-state index is 0.234. The number of carbonyl (C=O) groups is 1. The molecule has 2 aromatic carbocycles. The van der Waals surface area contributed by atoms with Crippen molar-refractivity contribution >= 4 is 12.0 Å². The maximum absolute atomic E-state index is 11.9. The quantitative estimate of drug-likeness (QED) is 0.507. The van der Waals surface area contributed by atoms with Crippen LogP contribution in [-0.2, 0) is 0 Å². The van der Waals surface area contributed by atoms with E-state index in [0.29, 0.717) is 5.56 Å². The summed E-state index contributed by atoms with van der Waals surface area (Å²) in [5.74, 6) is 5.46. The summed E-state index contributed by atoms with van der Waals surface area (Å²) in [6.07, 6.45) is 3.35. The number of carbonyl (C=O) groups excluding carboxylic acids is 1. The SMILES string of the molecule is NN(C=Cc1ccccc1)C(=O)c1ccccc1. The van der Waals surface area contributed by atoms with E-state index < -0.39 is 0 Å². The van der Waals surface area contributed by atoms with Crippen LogP contribution in [0.1, 0.15) is 15.9 Å². The summed E-state index contributed by atoms with van der Waals surface area (Å²) < 4.78 is 0. The van der Waals surface area contributed by atoms with Crippen molar-refractivity contribution in [2.75, 3.05) is 0 Å². The van der Waals surface area contributed by atoms with Crippen molar-refractivity contribution in [2.45, 2.75) is 0 Å². The highest BCUT2D eigenvalue weighted by atomic mass is 16.2. The van der Waals surface area contributed by atoms with Gasteiger partial charge >= 0.3 is 0 Å². The number of amides is 1. The molecule has 0 saturated carbocycles. The lowest BCUT2D eigenvalue weighted by atomic mass is 10.2. The van der Waals surface area contributed by atoms with Crippen molar-refractivity contribution in [2.24, 2.45) is 5.84 Å². The molecule has 0 fully saturated rings. The third-order valence-electron chi connectivity index (χ3n) is 2.48. The maximum atomic E-state index is 11.9. The molecule has 0 aliphatic heterocycles. The maximum Gasteiger partial charge on any atom is 0.271 e. The summed E-state index contributed by atoms with van der Waals surface area (Å²) in [5.41, 5.74) is 1.56. The molecule has 0 radical (unpaired) electrons. The fraction of sp³-hybridized carbons (Fsp3) is 0. The molecule has 0 saturated heterocycles. The van der Waals surface area contributed by atoms with Gasteiger partial charge in [0.2, 0.25) is 0 Å². The second kappa shape index (κ2) is 5.80. The third kappa shape index (κ3) is 3.06. The number of hydrogen-bond donors (Lipinski definition) is 1. The van der Waals surface area contributed by atoms with Gasteiger partial charge in [-0.3, -0.25) is 9.80 Å². The fourth-order valence-corrected chi connectivity index (χ4v) is 1.53. The number of hydrogen-bond acceptors (Lipinski definition) is 2. The molecule has 2 N–H and O–H groups in total. The van der Waals surface area contributed by atoms with Crippen LogP contribution >= 0.6 is 0 Å². The highest BCUT2D eigenvalue weighted by Crippen LogP contribution is 2.05. The molecule has 0 aliphatic rings. The lowest BCUT2D eigenvalue weighted by Crippen LogP contribution is -2.32. The number of benzene rings is 2. The monoisotopic (exact) mass is 238 g/mol. The van der Waals surface area contributed by atoms with Crippen LogP contribution in [0.15, 0.2) is 66.9 Å². The largest absolute Gasteiger partial charge is 0.271 e. The Bertz CT molecular complexity index is 535. The van der Waals surface area contributed by atoms with E-state index in [9.17, 15) is 4.79 Å². The summed E-state index contributed by atoms with van der Waals surface area (Å²) in [4.78, 5) is 11.9. The van der Waals surface area contributed by atoms with Gasteiger partial charge in [-0.1, -0.05) is 48.5 Å². The first-order valence-electron chi connectivity index (χ1n) is 5.64. The molecule has 0 atom stereocenters. The van der Waals surface area contributed by atoms with Gasteiger partial charge in [0.25, 0.3) is 5.91 Å². The van der Waals surface area contributed by atoms with Gasteiger partial charge in [-0.15, -0.1) is 0 Å². The van der Waals surface area contributed by atoms with Crippen molar-refractivity contribution in [3.8, 4) is 0 Å². The van der Waals surface area contributed by atoms with Gasteiger partial charge in [-0.25, -0.2) is 5.84 Å². The molecule has 0 aromatic heterocycles. The average molecular weight is 238 g/mol. The molecule has 0 heterocycles. The van der Waals surface area contributed by atoms with Crippen LogP contribution in [-0.4, -0.2) is 10.9 Å². The third-order valence-corrected chi connectivity index (χ3v) is 2.48. The second-order valence-corrected chi connectivity index (χ2v) is 3.80. The molecule has 0 unspecified atom stereocenters. The predicted octanol–water partition coefficient (Wildman–Crippen LogP) is 2.67. The van der Waals surface area contributed by atoms with Crippen LogP contribution in [0, 0.1) is 0 Å². The normalized spacial score (nSPS) is 10.5. The van der Waals surface area contributed by atoms with Crippen molar-refractivity contribution < 1.29 is 4.79 Å². The number of nitrogens with two attached hydrogens (primary N) is 1. The van der Waals surface area contributed by atoms with E-state index in [-0.39, 0.29) is 5.91 Å². The zero-order valence-electron chi connectivity index (χ0n) is 9.86. The summed E-state index contributed by atoms with van der Waals surface area (Å²) in [5, 5.41) is 1.09. The number of nitrogens with zero attached hydrogens (tertiary/aromatic N) is 1. The Balaban J connectivity index is 2.07. The van der Waals surface area contributed by atoms with E-state index in [0.717, 1.165) is 10.6 Å². The van der Waals surface area contributed by atoms with Crippen molar-refractivity contribution in [3.05, 3.63) is 78.0 Å². The Labute approximate surface area is 106 Å². The lowest BCUT2D eigenvalue weighted by molar-refractivity contribution is 0.0823. The number of hydrazine groups is 1. The summed E-state index contributed by atoms with van der Waals surface area (Å²) in [7, 11) is 0. The summed E-state index contributed by atoms with van der Waals surface area (Å²) in [6.45, 7) is 0. The molecule has 1 amide bonds. The van der Waals surface area contributed by atoms with Gasteiger partial charge in [0, 0.05) is 11.8 Å². The molecule has 3 nitrogen and oxygen atoms in total. The molecule has 18 heavy (non-hydrogen) atoms. The topological polar surface area (TPSA) is 46.3 Å². The van der Waals surface area contributed by atoms with Crippen molar-refractivity contribution in [1.29, 1.82) is 0 Å². The molecule has 3 heteroatoms. The molecule has 2 rings (SSSR count). The summed E-state index contributed by atoms with van der Waals surface area (Å²) >= 11 is 0. The standard InChI is InChI=1S/C15H14N2O/c16-17(12-11-13-7-3-1-4-8-13)15(18)14-9-5-2-6-10-14/h1-12H,16H2. The lowest BCUT2D eigenvalue weighted by Gasteiger charge is -2.11. The van der Waals surface area contributed by atoms with E-state index in [1.165, 1.54) is 0 Å². The number of rotatable bonds is 3. The minimum Gasteiger partial charge on any atom is -0.267 e. The van der Waals surface area contributed by atoms with Gasteiger partial charge in [0.15, 0.2) is 0 Å². The first-order chi connectivity index (χ1) is 8.77. The zero-order valence-corrected chi connectivity index (χ0v) is 9.86. The van der Waals surface area contributed by atoms with E-state index in [1.54, 1.807) is 24.4 Å². The van der Waals surface area contributed by atoms with Crippen LogP contribution in [0.25, 0.3) is 6.08 Å². The van der Waals surface area contributed by atoms with Crippen LogP contribution in [0.5, 0.6) is 0 Å². The van der Waals surface area contributed by atoms with Crippen LogP contribution < -0.4 is 5.84 Å². The van der Waals surface area contributed by atoms with E-state index in [1.807, 2.05) is 48.5 Å². The fourth-order valence-electron chi connectivity index (χ4n) is 1.53. The van der Waals surface area contributed by atoms with Crippen molar-refractivity contribution in [1.82, 2.24) is 5.01 Å². The van der Waals surface area contributed by atoms with Crippen molar-refractivity contribution in [3.63, 3.8) is 0 Å². The Morgan fingerprint density at radius 3 is 2.11 bits per heavy atom. The molecule has 0 spiro atoms.